The zero-order chi connectivity index (χ0) is 17.2. The molecule has 0 heterocycles. The summed E-state index contributed by atoms with van der Waals surface area (Å²) in [5.41, 5.74) is 0.494. The third-order valence-corrected chi connectivity index (χ3v) is 6.75. The number of carbonyl (C=O) groups excluding carboxylic acids is 1. The van der Waals surface area contributed by atoms with Crippen LogP contribution in [0.4, 0.5) is 0 Å². The summed E-state index contributed by atoms with van der Waals surface area (Å²) < 4.78 is 25.2. The molecule has 2 rings (SSSR count). The lowest BCUT2D eigenvalue weighted by molar-refractivity contribution is 0.0891. The Kier molecular flexibility index (Phi) is 5.47. The standard InChI is InChI=1S/C17H26N2O3S/c1-12-6-5-7-16(13(12)2)18-17(20)14-8-10-15(11-9-14)23(21,22)19(3)4/h8-13,16H,5-7H2,1-4H3,(H,18,20)/t12-,13+,16+/m0/s1. The molecule has 128 valence electrons. The molecule has 3 atom stereocenters. The highest BCUT2D eigenvalue weighted by Gasteiger charge is 2.28. The predicted molar refractivity (Wildman–Crippen MR) is 90.7 cm³/mol. The topological polar surface area (TPSA) is 66.5 Å². The number of hydrogen-bond donors (Lipinski definition) is 1. The van der Waals surface area contributed by atoms with Crippen molar-refractivity contribution in [3.63, 3.8) is 0 Å². The fourth-order valence-corrected chi connectivity index (χ4v) is 3.93. The summed E-state index contributed by atoms with van der Waals surface area (Å²) in [6, 6.07) is 6.30. The Labute approximate surface area is 139 Å². The molecule has 1 aromatic rings. The van der Waals surface area contributed by atoms with Gasteiger partial charge in [0.05, 0.1) is 4.90 Å². The minimum absolute atomic E-state index is 0.134. The Morgan fingerprint density at radius 1 is 1.13 bits per heavy atom. The largest absolute Gasteiger partial charge is 0.349 e. The van der Waals surface area contributed by atoms with E-state index in [2.05, 4.69) is 19.2 Å². The van der Waals surface area contributed by atoms with Gasteiger partial charge >= 0.3 is 0 Å². The fourth-order valence-electron chi connectivity index (χ4n) is 3.03. The summed E-state index contributed by atoms with van der Waals surface area (Å²) in [6.07, 6.45) is 3.35. The van der Waals surface area contributed by atoms with Crippen LogP contribution in [0.25, 0.3) is 0 Å². The Morgan fingerprint density at radius 3 is 2.30 bits per heavy atom. The van der Waals surface area contributed by atoms with E-state index in [1.54, 1.807) is 12.1 Å². The molecule has 23 heavy (non-hydrogen) atoms. The maximum atomic E-state index is 12.4. The number of nitrogens with zero attached hydrogens (tertiary/aromatic N) is 1. The maximum Gasteiger partial charge on any atom is 0.251 e. The van der Waals surface area contributed by atoms with Crippen molar-refractivity contribution in [1.82, 2.24) is 9.62 Å². The molecular weight excluding hydrogens is 312 g/mol. The van der Waals surface area contributed by atoms with E-state index >= 15 is 0 Å². The van der Waals surface area contributed by atoms with Crippen molar-refractivity contribution in [2.75, 3.05) is 14.1 Å². The zero-order valence-electron chi connectivity index (χ0n) is 14.2. The Hall–Kier alpha value is -1.40. The lowest BCUT2D eigenvalue weighted by atomic mass is 9.78. The van der Waals surface area contributed by atoms with Crippen LogP contribution >= 0.6 is 0 Å². The molecule has 6 heteroatoms. The van der Waals surface area contributed by atoms with Crippen LogP contribution in [0.1, 0.15) is 43.5 Å². The van der Waals surface area contributed by atoms with E-state index in [0.717, 1.165) is 17.1 Å². The van der Waals surface area contributed by atoms with Crippen molar-refractivity contribution in [2.24, 2.45) is 11.8 Å². The highest BCUT2D eigenvalue weighted by atomic mass is 32.2. The second-order valence-electron chi connectivity index (χ2n) is 6.66. The average molecular weight is 338 g/mol. The molecule has 1 saturated carbocycles. The lowest BCUT2D eigenvalue weighted by Crippen LogP contribution is -2.43. The van der Waals surface area contributed by atoms with E-state index < -0.39 is 10.0 Å². The number of nitrogens with one attached hydrogen (secondary N) is 1. The molecule has 1 aromatic carbocycles. The van der Waals surface area contributed by atoms with E-state index in [9.17, 15) is 13.2 Å². The number of benzene rings is 1. The van der Waals surface area contributed by atoms with Gasteiger partial charge in [-0.15, -0.1) is 0 Å². The zero-order valence-corrected chi connectivity index (χ0v) is 15.1. The van der Waals surface area contributed by atoms with Crippen molar-refractivity contribution in [3.8, 4) is 0 Å². The van der Waals surface area contributed by atoms with Crippen LogP contribution in [0, 0.1) is 11.8 Å². The Balaban J connectivity index is 2.09. The first-order valence-electron chi connectivity index (χ1n) is 8.07. The molecule has 0 aliphatic heterocycles. The molecule has 1 amide bonds. The van der Waals surface area contributed by atoms with Gasteiger partial charge in [0.2, 0.25) is 10.0 Å². The van der Waals surface area contributed by atoms with Crippen LogP contribution < -0.4 is 5.32 Å². The van der Waals surface area contributed by atoms with Gasteiger partial charge < -0.3 is 5.32 Å². The summed E-state index contributed by atoms with van der Waals surface area (Å²) in [5.74, 6) is 0.938. The monoisotopic (exact) mass is 338 g/mol. The second kappa shape index (κ2) is 7.01. The molecule has 1 fully saturated rings. The maximum absolute atomic E-state index is 12.4. The fraction of sp³-hybridized carbons (Fsp3) is 0.588. The van der Waals surface area contributed by atoms with Crippen LogP contribution in [-0.4, -0.2) is 38.8 Å². The van der Waals surface area contributed by atoms with Crippen LogP contribution in [0.3, 0.4) is 0 Å². The van der Waals surface area contributed by atoms with Gasteiger partial charge in [-0.05, 0) is 42.5 Å². The summed E-state index contributed by atoms with van der Waals surface area (Å²) in [5, 5.41) is 3.10. The van der Waals surface area contributed by atoms with Gasteiger partial charge in [0, 0.05) is 25.7 Å². The van der Waals surface area contributed by atoms with Gasteiger partial charge in [0.1, 0.15) is 0 Å². The first-order chi connectivity index (χ1) is 10.7. The quantitative estimate of drug-likeness (QED) is 0.917. The van der Waals surface area contributed by atoms with E-state index in [1.165, 1.54) is 32.6 Å². The minimum Gasteiger partial charge on any atom is -0.349 e. The van der Waals surface area contributed by atoms with Crippen molar-refractivity contribution in [3.05, 3.63) is 29.8 Å². The van der Waals surface area contributed by atoms with Gasteiger partial charge in [-0.1, -0.05) is 26.7 Å². The Bertz CT molecular complexity index is 653. The van der Waals surface area contributed by atoms with Crippen LogP contribution in [0.5, 0.6) is 0 Å². The molecule has 1 aliphatic rings. The minimum atomic E-state index is -3.46. The van der Waals surface area contributed by atoms with E-state index in [1.807, 2.05) is 0 Å². The normalized spacial score (nSPS) is 25.3. The number of sulfonamides is 1. The van der Waals surface area contributed by atoms with Gasteiger partial charge in [-0.25, -0.2) is 12.7 Å². The predicted octanol–water partition coefficient (Wildman–Crippen LogP) is 2.49. The highest BCUT2D eigenvalue weighted by Crippen LogP contribution is 2.29. The third kappa shape index (κ3) is 3.93. The molecule has 0 bridgehead atoms. The van der Waals surface area contributed by atoms with Crippen molar-refractivity contribution >= 4 is 15.9 Å². The molecule has 0 unspecified atom stereocenters. The van der Waals surface area contributed by atoms with Crippen molar-refractivity contribution < 1.29 is 13.2 Å². The number of carbonyl (C=O) groups is 1. The van der Waals surface area contributed by atoms with E-state index in [-0.39, 0.29) is 16.8 Å². The number of amides is 1. The summed E-state index contributed by atoms with van der Waals surface area (Å²) in [4.78, 5) is 12.6. The molecule has 1 aliphatic carbocycles. The molecule has 0 radical (unpaired) electrons. The van der Waals surface area contributed by atoms with Gasteiger partial charge in [0.25, 0.3) is 5.91 Å². The lowest BCUT2D eigenvalue weighted by Gasteiger charge is -2.34. The molecular formula is C17H26N2O3S. The molecule has 0 saturated heterocycles. The van der Waals surface area contributed by atoms with Crippen LogP contribution in [-0.2, 0) is 10.0 Å². The molecule has 1 N–H and O–H groups in total. The summed E-state index contributed by atoms with van der Waals surface area (Å²) >= 11 is 0. The van der Waals surface area contributed by atoms with Crippen molar-refractivity contribution in [1.29, 1.82) is 0 Å². The van der Waals surface area contributed by atoms with Crippen molar-refractivity contribution in [2.45, 2.75) is 44.0 Å². The molecule has 0 aromatic heterocycles. The molecule has 5 nitrogen and oxygen atoms in total. The van der Waals surface area contributed by atoms with Gasteiger partial charge in [-0.3, -0.25) is 4.79 Å². The number of hydrogen-bond acceptors (Lipinski definition) is 3. The average Bonchev–Trinajstić information content (AvgIpc) is 2.51. The SMILES string of the molecule is C[C@@H]1[C@@H](C)CCC[C@H]1NC(=O)c1ccc(S(=O)(=O)N(C)C)cc1. The summed E-state index contributed by atoms with van der Waals surface area (Å²) in [6.45, 7) is 4.41. The first-order valence-corrected chi connectivity index (χ1v) is 9.51. The Morgan fingerprint density at radius 2 is 1.74 bits per heavy atom. The first kappa shape index (κ1) is 17.9. The smallest absolute Gasteiger partial charge is 0.251 e. The van der Waals surface area contributed by atoms with Gasteiger partial charge in [0.15, 0.2) is 0 Å². The third-order valence-electron chi connectivity index (χ3n) is 4.92. The van der Waals surface area contributed by atoms with Crippen LogP contribution in [0.2, 0.25) is 0 Å². The number of rotatable bonds is 4. The van der Waals surface area contributed by atoms with Gasteiger partial charge in [-0.2, -0.15) is 0 Å². The molecule has 0 spiro atoms. The highest BCUT2D eigenvalue weighted by molar-refractivity contribution is 7.89. The van der Waals surface area contributed by atoms with E-state index in [4.69, 9.17) is 0 Å². The second-order valence-corrected chi connectivity index (χ2v) is 8.81. The summed E-state index contributed by atoms with van der Waals surface area (Å²) in [7, 11) is -0.486. The van der Waals surface area contributed by atoms with E-state index in [0.29, 0.717) is 17.4 Å². The van der Waals surface area contributed by atoms with Crippen LogP contribution in [0.15, 0.2) is 29.2 Å².